The molecule has 0 heterocycles. The maximum Gasteiger partial charge on any atom is 0.142 e. The van der Waals surface area contributed by atoms with Crippen LogP contribution in [0.4, 0.5) is 0 Å². The number of rotatable bonds is 8. The highest BCUT2D eigenvalue weighted by atomic mass is 32.2. The van der Waals surface area contributed by atoms with Crippen molar-refractivity contribution in [3.63, 3.8) is 0 Å². The smallest absolute Gasteiger partial charge is 0.142 e. The molecule has 0 saturated carbocycles. The first-order valence-corrected chi connectivity index (χ1v) is 9.77. The van der Waals surface area contributed by atoms with Gasteiger partial charge in [0.1, 0.15) is 6.29 Å². The second-order valence-corrected chi connectivity index (χ2v) is 7.29. The molecule has 26 heavy (non-hydrogen) atoms. The maximum absolute atomic E-state index is 10.5. The SMILES string of the molecule is O=C/C=C\CCSC(c1ccccc1)(c1ccccc1)c1ccccc1. The zero-order chi connectivity index (χ0) is 18.1. The van der Waals surface area contributed by atoms with Crippen molar-refractivity contribution in [2.45, 2.75) is 11.2 Å². The van der Waals surface area contributed by atoms with Gasteiger partial charge in [-0.1, -0.05) is 97.1 Å². The number of allylic oxidation sites excluding steroid dienone is 2. The predicted molar refractivity (Wildman–Crippen MR) is 111 cm³/mol. The molecule has 2 heteroatoms. The zero-order valence-electron chi connectivity index (χ0n) is 14.6. The average molecular weight is 359 g/mol. The van der Waals surface area contributed by atoms with Gasteiger partial charge in [-0.15, -0.1) is 11.8 Å². The molecule has 0 N–H and O–H groups in total. The Kier molecular flexibility index (Phi) is 6.45. The number of thioether (sulfide) groups is 1. The van der Waals surface area contributed by atoms with E-state index in [2.05, 4.69) is 91.0 Å². The Balaban J connectivity index is 2.11. The molecule has 0 aliphatic rings. The number of carbonyl (C=O) groups excluding carboxylic acids is 1. The molecule has 0 bridgehead atoms. The minimum atomic E-state index is -0.279. The summed E-state index contributed by atoms with van der Waals surface area (Å²) in [5.74, 6) is 0.920. The van der Waals surface area contributed by atoms with Crippen LogP contribution >= 0.6 is 11.8 Å². The highest BCUT2D eigenvalue weighted by Crippen LogP contribution is 2.48. The molecule has 0 fully saturated rings. The van der Waals surface area contributed by atoms with Crippen LogP contribution in [-0.2, 0) is 9.54 Å². The third-order valence-corrected chi connectivity index (χ3v) is 5.94. The lowest BCUT2D eigenvalue weighted by molar-refractivity contribution is -0.104. The fraction of sp³-hybridized carbons (Fsp3) is 0.125. The summed E-state index contributed by atoms with van der Waals surface area (Å²) in [4.78, 5) is 10.5. The molecule has 3 rings (SSSR count). The molecular weight excluding hydrogens is 336 g/mol. The van der Waals surface area contributed by atoms with Gasteiger partial charge in [-0.05, 0) is 34.9 Å². The fourth-order valence-corrected chi connectivity index (χ4v) is 4.67. The van der Waals surface area contributed by atoms with Crippen LogP contribution in [0.5, 0.6) is 0 Å². The van der Waals surface area contributed by atoms with Crippen molar-refractivity contribution in [2.75, 3.05) is 5.75 Å². The van der Waals surface area contributed by atoms with Crippen LogP contribution in [0.15, 0.2) is 103 Å². The number of carbonyl (C=O) groups is 1. The van der Waals surface area contributed by atoms with Gasteiger partial charge in [-0.25, -0.2) is 0 Å². The summed E-state index contributed by atoms with van der Waals surface area (Å²) in [6, 6.07) is 32.0. The summed E-state index contributed by atoms with van der Waals surface area (Å²) in [7, 11) is 0. The fourth-order valence-electron chi connectivity index (χ4n) is 3.20. The second-order valence-electron chi connectivity index (χ2n) is 5.98. The summed E-state index contributed by atoms with van der Waals surface area (Å²) in [5, 5.41) is 0. The van der Waals surface area contributed by atoms with E-state index in [9.17, 15) is 4.79 Å². The minimum Gasteiger partial charge on any atom is -0.299 e. The second kappa shape index (κ2) is 9.21. The molecule has 0 saturated heterocycles. The number of hydrogen-bond acceptors (Lipinski definition) is 2. The van der Waals surface area contributed by atoms with Crippen molar-refractivity contribution in [3.8, 4) is 0 Å². The summed E-state index contributed by atoms with van der Waals surface area (Å²) < 4.78 is -0.279. The molecule has 0 atom stereocenters. The lowest BCUT2D eigenvalue weighted by atomic mass is 9.84. The molecule has 3 aromatic carbocycles. The third kappa shape index (κ3) is 3.97. The molecule has 0 aliphatic heterocycles. The zero-order valence-corrected chi connectivity index (χ0v) is 15.4. The first-order valence-electron chi connectivity index (χ1n) is 8.79. The number of hydrogen-bond donors (Lipinski definition) is 0. The summed E-state index contributed by atoms with van der Waals surface area (Å²) in [6.07, 6.45) is 5.21. The van der Waals surface area contributed by atoms with Crippen LogP contribution in [0.2, 0.25) is 0 Å². The van der Waals surface area contributed by atoms with Crippen LogP contribution in [0.25, 0.3) is 0 Å². The van der Waals surface area contributed by atoms with E-state index in [0.717, 1.165) is 18.5 Å². The Bertz CT molecular complexity index is 729. The lowest BCUT2D eigenvalue weighted by Gasteiger charge is -2.35. The van der Waals surface area contributed by atoms with Crippen molar-refractivity contribution in [3.05, 3.63) is 120 Å². The molecular formula is C24H22OS. The van der Waals surface area contributed by atoms with E-state index in [4.69, 9.17) is 0 Å². The standard InChI is InChI=1S/C24H22OS/c25-19-11-4-12-20-26-24(21-13-5-1-6-14-21,22-15-7-2-8-16-22)23-17-9-3-10-18-23/h1-11,13-19H,12,20H2/b11-4-. The predicted octanol–water partition coefficient (Wildman–Crippen LogP) is 5.86. The van der Waals surface area contributed by atoms with E-state index >= 15 is 0 Å². The monoisotopic (exact) mass is 358 g/mol. The molecule has 0 amide bonds. The topological polar surface area (TPSA) is 17.1 Å². The van der Waals surface area contributed by atoms with Crippen molar-refractivity contribution < 1.29 is 4.79 Å². The quantitative estimate of drug-likeness (QED) is 0.217. The van der Waals surface area contributed by atoms with Crippen LogP contribution < -0.4 is 0 Å². The normalized spacial score (nSPS) is 11.5. The molecule has 3 aromatic rings. The molecule has 0 unspecified atom stereocenters. The van der Waals surface area contributed by atoms with E-state index in [1.807, 2.05) is 17.8 Å². The largest absolute Gasteiger partial charge is 0.299 e. The molecule has 0 spiro atoms. The van der Waals surface area contributed by atoms with Crippen molar-refractivity contribution >= 4 is 18.0 Å². The summed E-state index contributed by atoms with van der Waals surface area (Å²) in [5.41, 5.74) is 3.80. The van der Waals surface area contributed by atoms with E-state index in [0.29, 0.717) is 0 Å². The van der Waals surface area contributed by atoms with Gasteiger partial charge in [0.15, 0.2) is 0 Å². The van der Waals surface area contributed by atoms with E-state index in [1.165, 1.54) is 16.7 Å². The third-order valence-electron chi connectivity index (χ3n) is 4.36. The first-order chi connectivity index (χ1) is 12.9. The van der Waals surface area contributed by atoms with Gasteiger partial charge in [0.2, 0.25) is 0 Å². The maximum atomic E-state index is 10.5. The van der Waals surface area contributed by atoms with Gasteiger partial charge in [0.05, 0.1) is 4.75 Å². The van der Waals surface area contributed by atoms with Gasteiger partial charge in [-0.3, -0.25) is 4.79 Å². The Hall–Kier alpha value is -2.58. The molecule has 0 radical (unpaired) electrons. The summed E-state index contributed by atoms with van der Waals surface area (Å²) >= 11 is 1.91. The van der Waals surface area contributed by atoms with Crippen LogP contribution in [0.1, 0.15) is 23.1 Å². The number of benzene rings is 3. The van der Waals surface area contributed by atoms with E-state index in [-0.39, 0.29) is 4.75 Å². The Morgan fingerprint density at radius 1 is 0.692 bits per heavy atom. The van der Waals surface area contributed by atoms with Crippen molar-refractivity contribution in [1.82, 2.24) is 0 Å². The van der Waals surface area contributed by atoms with Gasteiger partial charge in [-0.2, -0.15) is 0 Å². The Labute approximate surface area is 159 Å². The number of aldehydes is 1. The van der Waals surface area contributed by atoms with Gasteiger partial charge >= 0.3 is 0 Å². The van der Waals surface area contributed by atoms with Crippen LogP contribution in [0.3, 0.4) is 0 Å². The van der Waals surface area contributed by atoms with Gasteiger partial charge in [0, 0.05) is 0 Å². The van der Waals surface area contributed by atoms with Crippen molar-refractivity contribution in [2.24, 2.45) is 0 Å². The van der Waals surface area contributed by atoms with Crippen LogP contribution in [0, 0.1) is 0 Å². The molecule has 0 aromatic heterocycles. The van der Waals surface area contributed by atoms with Crippen molar-refractivity contribution in [1.29, 1.82) is 0 Å². The minimum absolute atomic E-state index is 0.279. The van der Waals surface area contributed by atoms with E-state index < -0.39 is 0 Å². The molecule has 130 valence electrons. The molecule has 0 aliphatic carbocycles. The van der Waals surface area contributed by atoms with Crippen LogP contribution in [-0.4, -0.2) is 12.0 Å². The summed E-state index contributed by atoms with van der Waals surface area (Å²) in [6.45, 7) is 0. The lowest BCUT2D eigenvalue weighted by Crippen LogP contribution is -2.26. The first kappa shape index (κ1) is 18.2. The Morgan fingerprint density at radius 3 is 1.50 bits per heavy atom. The molecule has 1 nitrogen and oxygen atoms in total. The van der Waals surface area contributed by atoms with E-state index in [1.54, 1.807) is 6.08 Å². The highest BCUT2D eigenvalue weighted by Gasteiger charge is 2.36. The average Bonchev–Trinajstić information content (AvgIpc) is 2.73. The van der Waals surface area contributed by atoms with Gasteiger partial charge in [0.25, 0.3) is 0 Å². The van der Waals surface area contributed by atoms with Gasteiger partial charge < -0.3 is 0 Å². The Morgan fingerprint density at radius 2 is 1.12 bits per heavy atom. The highest BCUT2D eigenvalue weighted by molar-refractivity contribution is 8.00.